The van der Waals surface area contributed by atoms with Crippen molar-refractivity contribution in [2.45, 2.75) is 113 Å². The number of H-pyrrole nitrogens is 1. The van der Waals surface area contributed by atoms with Crippen molar-refractivity contribution in [2.75, 3.05) is 26.2 Å². The molecule has 94 heavy (non-hydrogen) atoms. The highest BCUT2D eigenvalue weighted by molar-refractivity contribution is 5.99. The van der Waals surface area contributed by atoms with Gasteiger partial charge in [-0.2, -0.15) is 5.26 Å². The molecule has 2 fully saturated rings. The van der Waals surface area contributed by atoms with Crippen LogP contribution in [0.2, 0.25) is 0 Å². The molecule has 23 heteroatoms. The summed E-state index contributed by atoms with van der Waals surface area (Å²) in [5.41, 5.74) is 17.8. The lowest BCUT2D eigenvalue weighted by molar-refractivity contribution is -0.143. The zero-order chi connectivity index (χ0) is 65.9. The molecule has 11 rings (SSSR count). The van der Waals surface area contributed by atoms with Gasteiger partial charge in [-0.25, -0.2) is 14.2 Å². The fourth-order valence-electron chi connectivity index (χ4n) is 12.0. The third-order valence-electron chi connectivity index (χ3n) is 16.9. The zero-order valence-electron chi connectivity index (χ0n) is 51.8. The van der Waals surface area contributed by atoms with Gasteiger partial charge in [0.05, 0.1) is 30.5 Å². The largest absolute Gasteiger partial charge is 0.489 e. The molecule has 6 aromatic carbocycles. The number of nitrogens with zero attached hydrogens (tertiary/aromatic N) is 4. The van der Waals surface area contributed by atoms with Gasteiger partial charge < -0.3 is 67.3 Å². The first kappa shape index (κ1) is 66.2. The molecule has 0 unspecified atom stereocenters. The molecule has 486 valence electrons. The number of nitrogens with one attached hydrogen (secondary N) is 7. The number of halogens is 1. The number of aromatic amines is 1. The van der Waals surface area contributed by atoms with Crippen LogP contribution in [0, 0.1) is 17.1 Å². The average molecular weight is 1270 g/mol. The van der Waals surface area contributed by atoms with Crippen molar-refractivity contribution in [3.63, 3.8) is 0 Å². The monoisotopic (exact) mass is 1270 g/mol. The number of aromatic nitrogens is 3. The molecule has 5 heterocycles. The molecule has 8 atom stereocenters. The summed E-state index contributed by atoms with van der Waals surface area (Å²) in [5, 5.41) is 26.6. The molecule has 2 aromatic heterocycles. The predicted molar refractivity (Wildman–Crippen MR) is 348 cm³/mol. The Bertz CT molecular complexity index is 3960. The molecule has 0 saturated carbocycles. The van der Waals surface area contributed by atoms with Crippen molar-refractivity contribution >= 4 is 52.4 Å². The number of rotatable bonds is 18. The second-order valence-corrected chi connectivity index (χ2v) is 23.4. The van der Waals surface area contributed by atoms with E-state index in [0.29, 0.717) is 65.1 Å². The van der Waals surface area contributed by atoms with Crippen LogP contribution in [0.3, 0.4) is 0 Å². The number of nitriles is 1. The Labute approximate surface area is 543 Å². The first-order valence-electron chi connectivity index (χ1n) is 31.5. The van der Waals surface area contributed by atoms with Crippen LogP contribution in [-0.2, 0) is 65.8 Å². The Morgan fingerprint density at radius 2 is 1.31 bits per heavy atom. The molecule has 22 nitrogen and oxygen atoms in total. The number of benzene rings is 6. The highest BCUT2D eigenvalue weighted by atomic mass is 19.1. The van der Waals surface area contributed by atoms with Crippen LogP contribution in [0.1, 0.15) is 88.8 Å². The molecule has 8 aromatic rings. The third-order valence-corrected chi connectivity index (χ3v) is 16.9. The zero-order valence-corrected chi connectivity index (χ0v) is 51.8. The van der Waals surface area contributed by atoms with Crippen LogP contribution in [-0.4, -0.2) is 123 Å². The summed E-state index contributed by atoms with van der Waals surface area (Å²) in [7, 11) is 0. The van der Waals surface area contributed by atoms with E-state index in [1.165, 1.54) is 11.0 Å². The highest BCUT2D eigenvalue weighted by Gasteiger charge is 2.45. The van der Waals surface area contributed by atoms with Crippen LogP contribution >= 0.6 is 0 Å². The van der Waals surface area contributed by atoms with E-state index >= 15 is 9.59 Å². The highest BCUT2D eigenvalue weighted by Crippen LogP contribution is 2.33. The van der Waals surface area contributed by atoms with Crippen LogP contribution < -0.4 is 48.1 Å². The number of imidazole rings is 1. The van der Waals surface area contributed by atoms with Crippen LogP contribution in [0.15, 0.2) is 176 Å². The van der Waals surface area contributed by atoms with E-state index in [-0.39, 0.29) is 63.6 Å². The lowest BCUT2D eigenvalue weighted by Crippen LogP contribution is -2.61. The van der Waals surface area contributed by atoms with Gasteiger partial charge in [0.1, 0.15) is 60.5 Å². The number of nitrogens with two attached hydrogens (primary N) is 2. The summed E-state index contributed by atoms with van der Waals surface area (Å²) in [6.07, 6.45) is 6.02. The maximum Gasteiger partial charge on any atom is 0.407 e. The molecular weight excluding hydrogens is 1200 g/mol. The molecule has 3 aliphatic heterocycles. The number of aryl methyl sites for hydroxylation is 1. The van der Waals surface area contributed by atoms with Gasteiger partial charge in [0.25, 0.3) is 0 Å². The standard InChI is InChI=1S/C58H66N10O9.C13H10FN3/c59-27-13-12-22-46-52(69)64-47(30-38-23-25-42(26-24-38)76-36-39-16-6-2-7-17-39)53(70)66-49(31-37-14-4-1-5-15-37)57(74)68-35-43(77-58(75)61-29-28-60)33-50(68)55(72)67-51(40-18-8-3-9-19-40)56(73)65-48(54(71)63-46)32-41-34-62-45-21-11-10-20-44(41)45;14-12-5-9(6-15)1-3-11(12)13-4-2-10-7-16-8-17(10)13/h1-11,14-21,23-26,34,43,46-51,62H,12-13,22,27-33,35-36,59-60H2,(H,61,75)(H,63,71)(H,64,69)(H,65,73)(H,66,70)(H,67,72);1,3,5,7-8,13H,2,4H2/t43-,46+,47+,48-,49+,50+,51+;13-/m11/s1. The molecule has 0 bridgehead atoms. The second-order valence-electron chi connectivity index (χ2n) is 23.4. The Morgan fingerprint density at radius 3 is 2.02 bits per heavy atom. The number of hydrogen-bond acceptors (Lipinski definition) is 13. The van der Waals surface area contributed by atoms with Gasteiger partial charge in [0.15, 0.2) is 0 Å². The van der Waals surface area contributed by atoms with Crippen molar-refractivity contribution in [3.05, 3.63) is 227 Å². The number of ether oxygens (including phenoxy) is 2. The minimum Gasteiger partial charge on any atom is -0.489 e. The normalized spacial score (nSPS) is 20.9. The van der Waals surface area contributed by atoms with E-state index in [4.69, 9.17) is 26.2 Å². The Kier molecular flexibility index (Phi) is 22.6. The number of carbonyl (C=O) groups excluding carboxylic acids is 7. The SMILES string of the molecule is N#Cc1ccc([C@H]2CCc3cncn32)c(F)c1.NCCCC[C@@H]1NC(=O)[C@@H](Cc2c[nH]c3ccccc23)NC(=O)[C@H](c2ccccc2)NC(=O)[C@@H]2C[C@@H](OC(=O)NCCN)CN2C(=O)[C@H](Cc2ccccc2)NC(=O)[C@H](Cc2ccc(OCc3ccccc3)cc2)NC1=O. The third kappa shape index (κ3) is 17.1. The topological polar surface area (TPSA) is 323 Å². The number of para-hydroxylation sites is 1. The van der Waals surface area contributed by atoms with E-state index in [1.807, 2.05) is 77.5 Å². The van der Waals surface area contributed by atoms with Gasteiger partial charge in [-0.15, -0.1) is 0 Å². The summed E-state index contributed by atoms with van der Waals surface area (Å²) >= 11 is 0. The minimum absolute atomic E-state index is 0.0141. The van der Waals surface area contributed by atoms with Crippen molar-refractivity contribution < 1.29 is 47.4 Å². The molecule has 11 N–H and O–H groups in total. The number of fused-ring (bicyclic) bond motifs is 3. The summed E-state index contributed by atoms with van der Waals surface area (Å²) in [4.78, 5) is 111. The Morgan fingerprint density at radius 1 is 0.670 bits per heavy atom. The number of hydrogen-bond donors (Lipinski definition) is 9. The minimum atomic E-state index is -1.42. The molecule has 7 amide bonds. The van der Waals surface area contributed by atoms with Gasteiger partial charge in [0.2, 0.25) is 35.4 Å². The van der Waals surface area contributed by atoms with Crippen LogP contribution in [0.25, 0.3) is 10.9 Å². The average Bonchev–Trinajstić information content (AvgIpc) is 1.64. The van der Waals surface area contributed by atoms with Crippen molar-refractivity contribution in [1.29, 1.82) is 5.26 Å². The smallest absolute Gasteiger partial charge is 0.407 e. The molecule has 0 spiro atoms. The van der Waals surface area contributed by atoms with E-state index in [9.17, 15) is 28.4 Å². The lowest BCUT2D eigenvalue weighted by Gasteiger charge is -2.32. The van der Waals surface area contributed by atoms with Crippen molar-refractivity contribution in [1.82, 2.24) is 51.3 Å². The predicted octanol–water partition coefficient (Wildman–Crippen LogP) is 5.80. The number of amides is 7. The fraction of sp³-hybridized carbons (Fsp3) is 0.310. The number of alkyl carbamates (subject to hydrolysis) is 1. The van der Waals surface area contributed by atoms with Gasteiger partial charge in [-0.05, 0) is 96.8 Å². The van der Waals surface area contributed by atoms with Gasteiger partial charge >= 0.3 is 6.09 Å². The number of carbonyl (C=O) groups is 7. The summed E-state index contributed by atoms with van der Waals surface area (Å²) in [6, 6.07) is 40.2. The Balaban J connectivity index is 0.000000486. The maximum absolute atomic E-state index is 15.3. The fourth-order valence-corrected chi connectivity index (χ4v) is 12.0. The quantitative estimate of drug-likeness (QED) is 0.0460. The molecular formula is C71H76FN13O9. The van der Waals surface area contributed by atoms with Gasteiger partial charge in [-0.1, -0.05) is 127 Å². The first-order chi connectivity index (χ1) is 45.7. The number of unbranched alkanes of at least 4 members (excludes halogenated alkanes) is 1. The molecule has 2 saturated heterocycles. The van der Waals surface area contributed by atoms with Crippen LogP contribution in [0.4, 0.5) is 9.18 Å². The second kappa shape index (κ2) is 32.0. The summed E-state index contributed by atoms with van der Waals surface area (Å²) in [5.74, 6) is -4.07. The summed E-state index contributed by atoms with van der Waals surface area (Å²) in [6.45, 7) is 0.617. The molecule has 3 aliphatic rings. The Hall–Kier alpha value is -10.7. The first-order valence-corrected chi connectivity index (χ1v) is 31.5. The van der Waals surface area contributed by atoms with Gasteiger partial charge in [0, 0.05) is 73.3 Å². The van der Waals surface area contributed by atoms with E-state index < -0.39 is 83.9 Å². The van der Waals surface area contributed by atoms with Crippen molar-refractivity contribution in [2.24, 2.45) is 11.5 Å². The molecule has 0 aliphatic carbocycles. The van der Waals surface area contributed by atoms with E-state index in [0.717, 1.165) is 35.0 Å². The summed E-state index contributed by atoms with van der Waals surface area (Å²) < 4.78 is 27.7. The van der Waals surface area contributed by atoms with Gasteiger partial charge in [-0.3, -0.25) is 28.8 Å². The molecule has 0 radical (unpaired) electrons. The van der Waals surface area contributed by atoms with Crippen molar-refractivity contribution in [3.8, 4) is 11.8 Å². The van der Waals surface area contributed by atoms with E-state index in [2.05, 4.69) is 41.9 Å². The maximum atomic E-state index is 15.3. The lowest BCUT2D eigenvalue weighted by atomic mass is 9.99. The van der Waals surface area contributed by atoms with E-state index in [1.54, 1.807) is 104 Å². The van der Waals surface area contributed by atoms with Crippen LogP contribution in [0.5, 0.6) is 5.75 Å².